The summed E-state index contributed by atoms with van der Waals surface area (Å²) in [5, 5.41) is 15.5. The van der Waals surface area contributed by atoms with Crippen molar-refractivity contribution in [1.29, 1.82) is 0 Å². The lowest BCUT2D eigenvalue weighted by Crippen LogP contribution is -2.14. The summed E-state index contributed by atoms with van der Waals surface area (Å²) in [5.41, 5.74) is 3.13. The summed E-state index contributed by atoms with van der Waals surface area (Å²) in [7, 11) is 0. The van der Waals surface area contributed by atoms with Crippen LogP contribution in [-0.2, 0) is 24.2 Å². The number of carbonyl (C=O) groups is 1. The molecule has 2 heterocycles. The smallest absolute Gasteiger partial charge is 0.234 e. The number of thioether (sulfide) groups is 1. The van der Waals surface area contributed by atoms with Crippen molar-refractivity contribution < 1.29 is 4.79 Å². The molecule has 0 atom stereocenters. The zero-order chi connectivity index (χ0) is 21.1. The number of halogens is 2. The summed E-state index contributed by atoms with van der Waals surface area (Å²) in [6.45, 7) is 4.45. The lowest BCUT2D eigenvalue weighted by atomic mass is 9.95. The number of nitrogens with one attached hydrogen (secondary N) is 1. The second kappa shape index (κ2) is 9.56. The fourth-order valence-electron chi connectivity index (χ4n) is 3.52. The second-order valence-electron chi connectivity index (χ2n) is 6.96. The zero-order valence-corrected chi connectivity index (χ0v) is 19.3. The van der Waals surface area contributed by atoms with Gasteiger partial charge in [-0.15, -0.1) is 28.1 Å². The number of nitrogens with zero attached hydrogens (tertiary/aromatic N) is 3. The molecule has 1 N–H and O–H groups in total. The average molecular weight is 479 g/mol. The molecule has 156 valence electrons. The Hall–Kier alpha value is -1.80. The van der Waals surface area contributed by atoms with Crippen molar-refractivity contribution in [1.82, 2.24) is 14.8 Å². The van der Waals surface area contributed by atoms with Gasteiger partial charge in [0.25, 0.3) is 0 Å². The van der Waals surface area contributed by atoms with Crippen molar-refractivity contribution in [2.45, 2.75) is 37.4 Å². The standard InChI is InChI=1S/C21H20Cl2N4OS2/c1-2-7-27-20(17-11-29-18-6-4-3-5-16(17)18)25-26-21(27)30-12-19(28)24-15-9-13(22)8-14(23)10-15/h2,8-11H,1,3-7,12H2,(H,24,28). The van der Waals surface area contributed by atoms with Gasteiger partial charge in [-0.2, -0.15) is 0 Å². The van der Waals surface area contributed by atoms with E-state index < -0.39 is 0 Å². The van der Waals surface area contributed by atoms with Gasteiger partial charge in [0, 0.05) is 38.1 Å². The van der Waals surface area contributed by atoms with Crippen molar-refractivity contribution in [3.05, 3.63) is 56.7 Å². The van der Waals surface area contributed by atoms with Crippen LogP contribution in [-0.4, -0.2) is 26.4 Å². The zero-order valence-electron chi connectivity index (χ0n) is 16.2. The maximum absolute atomic E-state index is 12.4. The monoisotopic (exact) mass is 478 g/mol. The lowest BCUT2D eigenvalue weighted by molar-refractivity contribution is -0.113. The Kier molecular flexibility index (Phi) is 6.83. The second-order valence-corrected chi connectivity index (χ2v) is 9.74. The Morgan fingerprint density at radius 3 is 2.77 bits per heavy atom. The van der Waals surface area contributed by atoms with Crippen LogP contribution >= 0.6 is 46.3 Å². The Balaban J connectivity index is 1.50. The molecule has 5 nitrogen and oxygen atoms in total. The molecule has 30 heavy (non-hydrogen) atoms. The fourth-order valence-corrected chi connectivity index (χ4v) is 5.92. The predicted octanol–water partition coefficient (Wildman–Crippen LogP) is 6.11. The Morgan fingerprint density at radius 2 is 2.00 bits per heavy atom. The number of hydrogen-bond donors (Lipinski definition) is 1. The molecule has 0 fully saturated rings. The fraction of sp³-hybridized carbons (Fsp3) is 0.286. The first-order valence-electron chi connectivity index (χ1n) is 9.57. The Bertz CT molecular complexity index is 1070. The summed E-state index contributed by atoms with van der Waals surface area (Å²) in [4.78, 5) is 13.9. The molecule has 0 spiro atoms. The molecule has 0 radical (unpaired) electrons. The molecule has 0 saturated carbocycles. The van der Waals surface area contributed by atoms with Crippen molar-refractivity contribution in [3.8, 4) is 11.4 Å². The molecular weight excluding hydrogens is 459 g/mol. The first-order valence-corrected chi connectivity index (χ1v) is 12.2. The highest BCUT2D eigenvalue weighted by molar-refractivity contribution is 7.99. The van der Waals surface area contributed by atoms with Gasteiger partial charge >= 0.3 is 0 Å². The minimum absolute atomic E-state index is 0.166. The molecule has 0 unspecified atom stereocenters. The quantitative estimate of drug-likeness (QED) is 0.328. The third-order valence-electron chi connectivity index (χ3n) is 4.81. The van der Waals surface area contributed by atoms with Crippen molar-refractivity contribution in [2.24, 2.45) is 0 Å². The molecule has 2 aromatic heterocycles. The molecule has 0 aliphatic heterocycles. The van der Waals surface area contributed by atoms with E-state index in [1.54, 1.807) is 29.5 Å². The molecule has 0 bridgehead atoms. The van der Waals surface area contributed by atoms with E-state index in [2.05, 4.69) is 27.5 Å². The number of anilines is 1. The molecular formula is C21H20Cl2N4OS2. The summed E-state index contributed by atoms with van der Waals surface area (Å²) < 4.78 is 2.03. The van der Waals surface area contributed by atoms with Gasteiger partial charge in [0.1, 0.15) is 0 Å². The number of benzene rings is 1. The molecule has 1 aliphatic rings. The number of rotatable bonds is 7. The SMILES string of the molecule is C=CCn1c(SCC(=O)Nc2cc(Cl)cc(Cl)c2)nnc1-c1csc2c1CCCC2. The summed E-state index contributed by atoms with van der Waals surface area (Å²) in [5.74, 6) is 0.876. The van der Waals surface area contributed by atoms with Crippen LogP contribution in [0.1, 0.15) is 23.3 Å². The third kappa shape index (κ3) is 4.75. The van der Waals surface area contributed by atoms with E-state index in [1.807, 2.05) is 10.6 Å². The summed E-state index contributed by atoms with van der Waals surface area (Å²) in [6.07, 6.45) is 6.51. The first kappa shape index (κ1) is 21.4. The normalized spacial score (nSPS) is 13.1. The Labute approximate surface area is 193 Å². The molecule has 0 saturated heterocycles. The van der Waals surface area contributed by atoms with Crippen LogP contribution in [0.2, 0.25) is 10.0 Å². The van der Waals surface area contributed by atoms with Crippen LogP contribution in [0, 0.1) is 0 Å². The number of amides is 1. The van der Waals surface area contributed by atoms with Gasteiger partial charge < -0.3 is 5.32 Å². The van der Waals surface area contributed by atoms with Crippen LogP contribution in [0.3, 0.4) is 0 Å². The number of aromatic nitrogens is 3. The molecule has 4 rings (SSSR count). The maximum Gasteiger partial charge on any atom is 0.234 e. The van der Waals surface area contributed by atoms with E-state index in [0.29, 0.717) is 27.4 Å². The van der Waals surface area contributed by atoms with Gasteiger partial charge in [-0.1, -0.05) is 41.0 Å². The highest BCUT2D eigenvalue weighted by Crippen LogP contribution is 2.36. The number of hydrogen-bond acceptors (Lipinski definition) is 5. The van der Waals surface area contributed by atoms with E-state index in [0.717, 1.165) is 24.2 Å². The highest BCUT2D eigenvalue weighted by Gasteiger charge is 2.22. The van der Waals surface area contributed by atoms with E-state index >= 15 is 0 Å². The molecule has 1 aromatic carbocycles. The van der Waals surface area contributed by atoms with Gasteiger partial charge in [0.2, 0.25) is 5.91 Å². The van der Waals surface area contributed by atoms with E-state index in [-0.39, 0.29) is 11.7 Å². The van der Waals surface area contributed by atoms with Crippen molar-refractivity contribution in [3.63, 3.8) is 0 Å². The molecule has 1 aliphatic carbocycles. The minimum Gasteiger partial charge on any atom is -0.325 e. The van der Waals surface area contributed by atoms with Crippen LogP contribution < -0.4 is 5.32 Å². The maximum atomic E-state index is 12.4. The van der Waals surface area contributed by atoms with Gasteiger partial charge in [0.05, 0.1) is 5.75 Å². The number of allylic oxidation sites excluding steroid dienone is 1. The van der Waals surface area contributed by atoms with E-state index in [1.165, 1.54) is 35.0 Å². The average Bonchev–Trinajstić information content (AvgIpc) is 3.30. The first-order chi connectivity index (χ1) is 14.5. The van der Waals surface area contributed by atoms with Crippen molar-refractivity contribution in [2.75, 3.05) is 11.1 Å². The largest absolute Gasteiger partial charge is 0.325 e. The Morgan fingerprint density at radius 1 is 1.23 bits per heavy atom. The van der Waals surface area contributed by atoms with E-state index in [4.69, 9.17) is 23.2 Å². The van der Waals surface area contributed by atoms with E-state index in [9.17, 15) is 4.79 Å². The molecule has 3 aromatic rings. The molecule has 9 heteroatoms. The summed E-state index contributed by atoms with van der Waals surface area (Å²) >= 11 is 15.1. The lowest BCUT2D eigenvalue weighted by Gasteiger charge is -2.13. The third-order valence-corrected chi connectivity index (χ3v) is 7.30. The van der Waals surface area contributed by atoms with Crippen LogP contribution in [0.5, 0.6) is 0 Å². The highest BCUT2D eigenvalue weighted by atomic mass is 35.5. The van der Waals surface area contributed by atoms with Gasteiger partial charge in [0.15, 0.2) is 11.0 Å². The van der Waals surface area contributed by atoms with Crippen LogP contribution in [0.15, 0.2) is 41.4 Å². The molecule has 1 amide bonds. The van der Waals surface area contributed by atoms with Gasteiger partial charge in [-0.3, -0.25) is 9.36 Å². The number of carbonyl (C=O) groups excluding carboxylic acids is 1. The van der Waals surface area contributed by atoms with Gasteiger partial charge in [-0.05, 0) is 49.4 Å². The van der Waals surface area contributed by atoms with Crippen LogP contribution in [0.25, 0.3) is 11.4 Å². The van der Waals surface area contributed by atoms with Crippen LogP contribution in [0.4, 0.5) is 5.69 Å². The van der Waals surface area contributed by atoms with Crippen molar-refractivity contribution >= 4 is 57.9 Å². The number of fused-ring (bicyclic) bond motifs is 1. The van der Waals surface area contributed by atoms with Gasteiger partial charge in [-0.25, -0.2) is 0 Å². The summed E-state index contributed by atoms with van der Waals surface area (Å²) in [6, 6.07) is 4.94. The topological polar surface area (TPSA) is 59.8 Å². The number of thiophene rings is 1. The predicted molar refractivity (Wildman–Crippen MR) is 126 cm³/mol. The number of aryl methyl sites for hydroxylation is 1. The minimum atomic E-state index is -0.166.